The van der Waals surface area contributed by atoms with Crippen molar-refractivity contribution in [2.24, 2.45) is 0 Å². The Labute approximate surface area is 219 Å². The summed E-state index contributed by atoms with van der Waals surface area (Å²) in [6, 6.07) is 8.40. The van der Waals surface area contributed by atoms with Crippen molar-refractivity contribution in [3.63, 3.8) is 0 Å². The maximum absolute atomic E-state index is 12.4. The number of ether oxygens (including phenoxy) is 2. The van der Waals surface area contributed by atoms with E-state index in [1.165, 1.54) is 18.2 Å². The van der Waals surface area contributed by atoms with Gasteiger partial charge in [-0.15, -0.1) is 0 Å². The molecule has 3 unspecified atom stereocenters. The van der Waals surface area contributed by atoms with Gasteiger partial charge in [0.05, 0.1) is 27.3 Å². The minimum atomic E-state index is -0.383. The molecule has 2 fully saturated rings. The molecule has 1 aromatic carbocycles. The van der Waals surface area contributed by atoms with E-state index < -0.39 is 0 Å². The van der Waals surface area contributed by atoms with Gasteiger partial charge in [-0.25, -0.2) is 4.79 Å². The molecule has 0 aromatic heterocycles. The standard InChI is InChI=1S/C18H26NO3.C2H6.CH3.Cs/c1-14-6-4-7-15(10-14)13-22-16-11-18(17(20)21-3)8-5-9-19(18,2)12-16;1-2;;/h4,6-7,10,16H,5,8-9,11-13H2,1-3H3;1-2H3;1H3;/q+1;;-1;+1. The Morgan fingerprint density at radius 3 is 2.65 bits per heavy atom. The Hall–Kier alpha value is 0.662. The molecule has 2 saturated heterocycles. The smallest absolute Gasteiger partial charge is 0.464 e. The number of carbonyl (C=O) groups excluding carboxylic acids is 1. The minimum absolute atomic E-state index is 0. The van der Waals surface area contributed by atoms with Gasteiger partial charge in [0, 0.05) is 19.3 Å². The minimum Gasteiger partial charge on any atom is -0.464 e. The normalized spacial score (nSPS) is 28.7. The van der Waals surface area contributed by atoms with Crippen LogP contribution in [0.3, 0.4) is 0 Å². The van der Waals surface area contributed by atoms with Crippen molar-refractivity contribution in [1.29, 1.82) is 0 Å². The zero-order valence-corrected chi connectivity index (χ0v) is 24.1. The summed E-state index contributed by atoms with van der Waals surface area (Å²) in [6.07, 6.45) is 2.92. The fourth-order valence-corrected chi connectivity index (χ4v) is 4.41. The molecule has 2 heterocycles. The van der Waals surface area contributed by atoms with Crippen LogP contribution in [-0.4, -0.2) is 49.3 Å². The van der Waals surface area contributed by atoms with Crippen molar-refractivity contribution >= 4 is 5.97 Å². The number of hydrogen-bond acceptors (Lipinski definition) is 3. The summed E-state index contributed by atoms with van der Waals surface area (Å²) in [5.41, 5.74) is 2.06. The quantitative estimate of drug-likeness (QED) is 0.364. The van der Waals surface area contributed by atoms with Gasteiger partial charge in [-0.05, 0) is 12.5 Å². The molecular weight excluding hydrogens is 447 g/mol. The van der Waals surface area contributed by atoms with E-state index in [0.29, 0.717) is 6.61 Å². The molecule has 2 aliphatic heterocycles. The van der Waals surface area contributed by atoms with Gasteiger partial charge in [0.15, 0.2) is 5.54 Å². The van der Waals surface area contributed by atoms with Crippen LogP contribution in [-0.2, 0) is 20.9 Å². The van der Waals surface area contributed by atoms with Gasteiger partial charge in [-0.2, -0.15) is 0 Å². The number of methoxy groups -OCH3 is 1. The summed E-state index contributed by atoms with van der Waals surface area (Å²) in [4.78, 5) is 12.4. The average molecular weight is 482 g/mol. The molecule has 4 nitrogen and oxygen atoms in total. The molecular formula is C21H35CsNO3+. The maximum Gasteiger partial charge on any atom is 1.00 e. The number of quaternary nitrogens is 1. The van der Waals surface area contributed by atoms with Gasteiger partial charge in [-0.1, -0.05) is 43.7 Å². The fourth-order valence-electron chi connectivity index (χ4n) is 4.41. The first-order chi connectivity index (χ1) is 11.5. The third kappa shape index (κ3) is 5.38. The second kappa shape index (κ2) is 11.6. The van der Waals surface area contributed by atoms with E-state index in [1.54, 1.807) is 0 Å². The average Bonchev–Trinajstić information content (AvgIpc) is 3.04. The van der Waals surface area contributed by atoms with Crippen LogP contribution in [0.5, 0.6) is 0 Å². The van der Waals surface area contributed by atoms with Crippen LogP contribution in [0.2, 0.25) is 0 Å². The maximum atomic E-state index is 12.4. The summed E-state index contributed by atoms with van der Waals surface area (Å²) in [5, 5.41) is 0. The molecule has 0 aliphatic carbocycles. The van der Waals surface area contributed by atoms with E-state index in [9.17, 15) is 4.79 Å². The van der Waals surface area contributed by atoms with Gasteiger partial charge in [0.2, 0.25) is 0 Å². The number of benzene rings is 1. The van der Waals surface area contributed by atoms with Crippen molar-refractivity contribution in [3.8, 4) is 0 Å². The summed E-state index contributed by atoms with van der Waals surface area (Å²) in [7, 11) is 3.68. The summed E-state index contributed by atoms with van der Waals surface area (Å²) >= 11 is 0. The molecule has 3 atom stereocenters. The Kier molecular flexibility index (Phi) is 11.9. The summed E-state index contributed by atoms with van der Waals surface area (Å²) in [5.74, 6) is -0.0610. The van der Waals surface area contributed by atoms with E-state index in [0.717, 1.165) is 36.8 Å². The molecule has 142 valence electrons. The number of aryl methyl sites for hydroxylation is 1. The van der Waals surface area contributed by atoms with Gasteiger partial charge >= 0.3 is 74.9 Å². The molecule has 26 heavy (non-hydrogen) atoms. The van der Waals surface area contributed by atoms with Crippen LogP contribution in [0.15, 0.2) is 24.3 Å². The van der Waals surface area contributed by atoms with E-state index in [-0.39, 0.29) is 93.9 Å². The first-order valence-electron chi connectivity index (χ1n) is 9.09. The number of esters is 1. The zero-order chi connectivity index (χ0) is 17.8. The van der Waals surface area contributed by atoms with E-state index in [2.05, 4.69) is 38.2 Å². The Morgan fingerprint density at radius 1 is 1.35 bits per heavy atom. The molecule has 0 bridgehead atoms. The third-order valence-corrected chi connectivity index (χ3v) is 5.58. The number of likely N-dealkylation sites (N-methyl/N-ethyl adjacent to an activating group) is 1. The second-order valence-corrected chi connectivity index (χ2v) is 7.05. The number of fused-ring (bicyclic) bond motifs is 1. The Bertz CT molecular complexity index is 580. The second-order valence-electron chi connectivity index (χ2n) is 7.05. The Balaban J connectivity index is 0.00000151. The van der Waals surface area contributed by atoms with E-state index in [1.807, 2.05) is 13.8 Å². The number of carbonyl (C=O) groups is 1. The van der Waals surface area contributed by atoms with Gasteiger partial charge < -0.3 is 21.4 Å². The van der Waals surface area contributed by atoms with Crippen molar-refractivity contribution in [2.45, 2.75) is 58.3 Å². The topological polar surface area (TPSA) is 35.5 Å². The first kappa shape index (κ1) is 26.7. The van der Waals surface area contributed by atoms with Crippen LogP contribution < -0.4 is 68.9 Å². The van der Waals surface area contributed by atoms with Crippen molar-refractivity contribution in [3.05, 3.63) is 42.8 Å². The van der Waals surface area contributed by atoms with Crippen molar-refractivity contribution in [2.75, 3.05) is 27.2 Å². The molecule has 1 aromatic rings. The molecule has 2 aliphatic rings. The largest absolute Gasteiger partial charge is 1.00 e. The van der Waals surface area contributed by atoms with Crippen molar-refractivity contribution < 1.29 is 87.6 Å². The fraction of sp³-hybridized carbons (Fsp3) is 0.619. The summed E-state index contributed by atoms with van der Waals surface area (Å²) in [6.45, 7) is 8.65. The molecule has 0 saturated carbocycles. The first-order valence-corrected chi connectivity index (χ1v) is 9.09. The van der Waals surface area contributed by atoms with E-state index >= 15 is 0 Å². The van der Waals surface area contributed by atoms with E-state index in [4.69, 9.17) is 9.47 Å². The molecule has 0 amide bonds. The monoisotopic (exact) mass is 482 g/mol. The van der Waals surface area contributed by atoms with Crippen LogP contribution >= 0.6 is 0 Å². The van der Waals surface area contributed by atoms with Crippen LogP contribution in [0.25, 0.3) is 0 Å². The van der Waals surface area contributed by atoms with Gasteiger partial charge in [-0.3, -0.25) is 0 Å². The van der Waals surface area contributed by atoms with Gasteiger partial charge in [0.25, 0.3) is 0 Å². The predicted octanol–water partition coefficient (Wildman–Crippen LogP) is 0.917. The summed E-state index contributed by atoms with van der Waals surface area (Å²) < 4.78 is 12.0. The zero-order valence-electron chi connectivity index (χ0n) is 17.8. The molecule has 3 rings (SSSR count). The van der Waals surface area contributed by atoms with Crippen LogP contribution in [0.1, 0.15) is 44.2 Å². The molecule has 5 heteroatoms. The SMILES string of the molecule is CC.COC(=O)C12CCC[N+]1(C)CC(OCc1cccc(C)c1)C2.[CH3-].[Cs+]. The third-order valence-electron chi connectivity index (χ3n) is 5.58. The molecule has 0 N–H and O–H groups in total. The molecule has 0 spiro atoms. The van der Waals surface area contributed by atoms with Gasteiger partial charge in [0.1, 0.15) is 12.6 Å². The number of rotatable bonds is 4. The number of nitrogens with zero attached hydrogens (tertiary/aromatic N) is 1. The van der Waals surface area contributed by atoms with Crippen LogP contribution in [0, 0.1) is 14.4 Å². The number of hydrogen-bond donors (Lipinski definition) is 0. The predicted molar refractivity (Wildman–Crippen MR) is 102 cm³/mol. The van der Waals surface area contributed by atoms with Crippen LogP contribution in [0.4, 0.5) is 0 Å². The Morgan fingerprint density at radius 2 is 2.04 bits per heavy atom. The molecule has 0 radical (unpaired) electrons. The van der Waals surface area contributed by atoms with Crippen molar-refractivity contribution in [1.82, 2.24) is 0 Å².